The van der Waals surface area contributed by atoms with Crippen molar-refractivity contribution >= 4 is 56.4 Å². The highest BCUT2D eigenvalue weighted by Gasteiger charge is 2.25. The van der Waals surface area contributed by atoms with Crippen LogP contribution >= 0.6 is 45.5 Å². The second kappa shape index (κ2) is 6.80. The number of fused-ring (bicyclic) bond motifs is 1. The Kier molecular flexibility index (Phi) is 4.95. The summed E-state index contributed by atoms with van der Waals surface area (Å²) in [6.07, 6.45) is 2.98. The number of carbonyl (C=O) groups excluding carboxylic acids is 1. The highest BCUT2D eigenvalue weighted by atomic mass is 127. The zero-order valence-corrected chi connectivity index (χ0v) is 16.2. The van der Waals surface area contributed by atoms with E-state index >= 15 is 0 Å². The van der Waals surface area contributed by atoms with Gasteiger partial charge in [0.25, 0.3) is 5.91 Å². The fraction of sp³-hybridized carbons (Fsp3) is 0.294. The number of amides is 1. The highest BCUT2D eigenvalue weighted by Crippen LogP contribution is 2.39. The third kappa shape index (κ3) is 3.39. The van der Waals surface area contributed by atoms with Crippen molar-refractivity contribution in [2.45, 2.75) is 26.2 Å². The Bertz CT molecular complexity index is 825. The number of hydrogen-bond donors (Lipinski definition) is 1. The van der Waals surface area contributed by atoms with Gasteiger partial charge in [-0.25, -0.2) is 0 Å². The van der Waals surface area contributed by atoms with Crippen molar-refractivity contribution < 1.29 is 4.79 Å². The van der Waals surface area contributed by atoms with Gasteiger partial charge in [0.15, 0.2) is 0 Å². The van der Waals surface area contributed by atoms with E-state index in [-0.39, 0.29) is 5.91 Å². The number of rotatable bonds is 2. The Morgan fingerprint density at radius 3 is 3.04 bits per heavy atom. The Balaban J connectivity index is 1.93. The first kappa shape index (κ1) is 16.7. The molecular weight excluding hydrogens is 443 g/mol. The first-order valence-electron chi connectivity index (χ1n) is 7.30. The summed E-state index contributed by atoms with van der Waals surface area (Å²) < 4.78 is 0.942. The minimum absolute atomic E-state index is 0.267. The van der Waals surface area contributed by atoms with Gasteiger partial charge in [-0.2, -0.15) is 5.26 Å². The number of nitrogens with zero attached hydrogens (tertiary/aromatic N) is 1. The lowest BCUT2D eigenvalue weighted by atomic mass is 9.88. The summed E-state index contributed by atoms with van der Waals surface area (Å²) in [6, 6.07) is 7.58. The van der Waals surface area contributed by atoms with Crippen LogP contribution in [0.2, 0.25) is 5.02 Å². The molecule has 0 fully saturated rings. The number of halogens is 2. The first-order valence-corrected chi connectivity index (χ1v) is 9.58. The molecule has 3 nitrogen and oxygen atoms in total. The number of benzene rings is 1. The molecular formula is C17H14ClIN2OS. The molecule has 1 N–H and O–H groups in total. The summed E-state index contributed by atoms with van der Waals surface area (Å²) in [4.78, 5) is 13.8. The second-order valence-electron chi connectivity index (χ2n) is 5.75. The van der Waals surface area contributed by atoms with Crippen molar-refractivity contribution in [1.82, 2.24) is 0 Å². The maximum atomic E-state index is 12.5. The fourth-order valence-corrected chi connectivity index (χ4v) is 4.85. The van der Waals surface area contributed by atoms with E-state index in [4.69, 9.17) is 11.6 Å². The molecule has 0 saturated heterocycles. The molecule has 0 saturated carbocycles. The highest BCUT2D eigenvalue weighted by molar-refractivity contribution is 14.1. The molecule has 2 aromatic rings. The average Bonchev–Trinajstić information content (AvgIpc) is 2.85. The van der Waals surface area contributed by atoms with Gasteiger partial charge in [0.2, 0.25) is 0 Å². The third-order valence-corrected chi connectivity index (χ3v) is 6.19. The van der Waals surface area contributed by atoms with E-state index in [1.807, 2.05) is 6.07 Å². The number of thiophene rings is 1. The van der Waals surface area contributed by atoms with Crippen LogP contribution in [-0.2, 0) is 12.8 Å². The van der Waals surface area contributed by atoms with Gasteiger partial charge in [0, 0.05) is 8.45 Å². The van der Waals surface area contributed by atoms with Crippen LogP contribution in [0.5, 0.6) is 0 Å². The molecule has 3 rings (SSSR count). The van der Waals surface area contributed by atoms with Gasteiger partial charge in [0.1, 0.15) is 11.1 Å². The average molecular weight is 457 g/mol. The molecule has 0 radical (unpaired) electrons. The maximum Gasteiger partial charge on any atom is 0.257 e. The Morgan fingerprint density at radius 2 is 2.30 bits per heavy atom. The molecule has 118 valence electrons. The standard InChI is InChI=1S/C17H14ClIN2OS/c1-9-2-4-11-13(8-20)17(23-15(11)6-9)21-16(22)12-7-10(19)3-5-14(12)18/h3,5,7,9H,2,4,6H2,1H3,(H,21,22). The lowest BCUT2D eigenvalue weighted by Gasteiger charge is -2.17. The molecule has 0 bridgehead atoms. The summed E-state index contributed by atoms with van der Waals surface area (Å²) in [5.74, 6) is 0.359. The molecule has 1 unspecified atom stereocenters. The van der Waals surface area contributed by atoms with Gasteiger partial charge in [-0.3, -0.25) is 4.79 Å². The number of hydrogen-bond acceptors (Lipinski definition) is 3. The van der Waals surface area contributed by atoms with Crippen LogP contribution in [-0.4, -0.2) is 5.91 Å². The Labute approximate surface area is 157 Å². The molecule has 1 amide bonds. The molecule has 0 aliphatic heterocycles. The van der Waals surface area contributed by atoms with Crippen molar-refractivity contribution in [3.8, 4) is 6.07 Å². The van der Waals surface area contributed by atoms with E-state index < -0.39 is 0 Å². The summed E-state index contributed by atoms with van der Waals surface area (Å²) >= 11 is 9.79. The van der Waals surface area contributed by atoms with E-state index in [9.17, 15) is 10.1 Å². The molecule has 1 aromatic carbocycles. The quantitative estimate of drug-likeness (QED) is 0.627. The Hall–Kier alpha value is -1.10. The largest absolute Gasteiger partial charge is 0.312 e. The van der Waals surface area contributed by atoms with Crippen LogP contribution in [0.4, 0.5) is 5.00 Å². The zero-order valence-electron chi connectivity index (χ0n) is 12.5. The summed E-state index contributed by atoms with van der Waals surface area (Å²) in [5.41, 5.74) is 2.16. The van der Waals surface area contributed by atoms with Crippen LogP contribution in [0, 0.1) is 20.8 Å². The van der Waals surface area contributed by atoms with Crippen LogP contribution < -0.4 is 5.32 Å². The lowest BCUT2D eigenvalue weighted by Crippen LogP contribution is -2.13. The number of nitrogens with one attached hydrogen (secondary N) is 1. The maximum absolute atomic E-state index is 12.5. The zero-order chi connectivity index (χ0) is 16.6. The molecule has 1 aromatic heterocycles. The molecule has 1 aliphatic rings. The van der Waals surface area contributed by atoms with Gasteiger partial charge >= 0.3 is 0 Å². The topological polar surface area (TPSA) is 52.9 Å². The summed E-state index contributed by atoms with van der Waals surface area (Å²) in [5, 5.41) is 13.4. The van der Waals surface area contributed by atoms with E-state index in [2.05, 4.69) is 40.9 Å². The van der Waals surface area contributed by atoms with Gasteiger partial charge in [-0.05, 0) is 71.5 Å². The van der Waals surface area contributed by atoms with E-state index in [0.29, 0.717) is 27.1 Å². The van der Waals surface area contributed by atoms with E-state index in [1.165, 1.54) is 16.2 Å². The summed E-state index contributed by atoms with van der Waals surface area (Å²) in [7, 11) is 0. The van der Waals surface area contributed by atoms with Gasteiger partial charge in [0.05, 0.1) is 16.1 Å². The number of carbonyl (C=O) groups is 1. The van der Waals surface area contributed by atoms with E-state index in [0.717, 1.165) is 28.4 Å². The molecule has 1 aliphatic carbocycles. The van der Waals surface area contributed by atoms with Crippen molar-refractivity contribution in [3.63, 3.8) is 0 Å². The molecule has 23 heavy (non-hydrogen) atoms. The van der Waals surface area contributed by atoms with Crippen LogP contribution in [0.1, 0.15) is 39.7 Å². The fourth-order valence-electron chi connectivity index (χ4n) is 2.80. The minimum Gasteiger partial charge on any atom is -0.312 e. The number of anilines is 1. The Morgan fingerprint density at radius 1 is 1.52 bits per heavy atom. The molecule has 1 atom stereocenters. The van der Waals surface area contributed by atoms with Gasteiger partial charge in [-0.1, -0.05) is 18.5 Å². The van der Waals surface area contributed by atoms with Gasteiger partial charge < -0.3 is 5.32 Å². The van der Waals surface area contributed by atoms with Crippen molar-refractivity contribution in [1.29, 1.82) is 5.26 Å². The SMILES string of the molecule is CC1CCc2c(sc(NC(=O)c3cc(I)ccc3Cl)c2C#N)C1. The van der Waals surface area contributed by atoms with Gasteiger partial charge in [-0.15, -0.1) is 11.3 Å². The predicted molar refractivity (Wildman–Crippen MR) is 102 cm³/mol. The monoisotopic (exact) mass is 456 g/mol. The smallest absolute Gasteiger partial charge is 0.257 e. The third-order valence-electron chi connectivity index (χ3n) is 4.02. The summed E-state index contributed by atoms with van der Waals surface area (Å²) in [6.45, 7) is 2.22. The second-order valence-corrected chi connectivity index (χ2v) is 8.50. The number of nitriles is 1. The minimum atomic E-state index is -0.267. The molecule has 0 spiro atoms. The van der Waals surface area contributed by atoms with Crippen LogP contribution in [0.25, 0.3) is 0 Å². The van der Waals surface area contributed by atoms with Crippen molar-refractivity contribution in [3.05, 3.63) is 48.4 Å². The van der Waals surface area contributed by atoms with Crippen LogP contribution in [0.3, 0.4) is 0 Å². The first-order chi connectivity index (χ1) is 11.0. The molecule has 6 heteroatoms. The van der Waals surface area contributed by atoms with Crippen molar-refractivity contribution in [2.75, 3.05) is 5.32 Å². The van der Waals surface area contributed by atoms with Crippen LogP contribution in [0.15, 0.2) is 18.2 Å². The van der Waals surface area contributed by atoms with E-state index in [1.54, 1.807) is 12.1 Å². The predicted octanol–water partition coefficient (Wildman–Crippen LogP) is 5.25. The normalized spacial score (nSPS) is 16.5. The molecule has 1 heterocycles. The lowest BCUT2D eigenvalue weighted by molar-refractivity contribution is 0.102. The van der Waals surface area contributed by atoms with Crippen molar-refractivity contribution in [2.24, 2.45) is 5.92 Å².